The summed E-state index contributed by atoms with van der Waals surface area (Å²) in [6, 6.07) is 7.14. The number of nitrogens with zero attached hydrogens (tertiary/aromatic N) is 1. The van der Waals surface area contributed by atoms with Crippen LogP contribution in [0.3, 0.4) is 0 Å². The van der Waals surface area contributed by atoms with Crippen LogP contribution in [0.1, 0.15) is 6.42 Å². The molecule has 0 spiro atoms. The standard InChI is InChI=1S/C9H10BrN3O2/c10-6-2-1-3-7(4-6)12-9(14)5-8(11)13-15/h1-4,15H,5H2,(H2,11,13)(H,12,14). The number of amidine groups is 1. The minimum atomic E-state index is -0.330. The molecule has 80 valence electrons. The number of anilines is 1. The van der Waals surface area contributed by atoms with E-state index in [2.05, 4.69) is 26.4 Å². The van der Waals surface area contributed by atoms with Crippen molar-refractivity contribution in [2.75, 3.05) is 5.32 Å². The van der Waals surface area contributed by atoms with E-state index in [0.29, 0.717) is 5.69 Å². The molecule has 4 N–H and O–H groups in total. The van der Waals surface area contributed by atoms with Crippen molar-refractivity contribution in [1.82, 2.24) is 0 Å². The zero-order valence-corrected chi connectivity index (χ0v) is 9.36. The van der Waals surface area contributed by atoms with E-state index in [-0.39, 0.29) is 18.2 Å². The number of carbonyl (C=O) groups is 1. The largest absolute Gasteiger partial charge is 0.409 e. The topological polar surface area (TPSA) is 87.7 Å². The van der Waals surface area contributed by atoms with Gasteiger partial charge in [-0.05, 0) is 18.2 Å². The van der Waals surface area contributed by atoms with Crippen LogP contribution >= 0.6 is 15.9 Å². The molecule has 15 heavy (non-hydrogen) atoms. The summed E-state index contributed by atoms with van der Waals surface area (Å²) in [5.74, 6) is -0.453. The quantitative estimate of drug-likeness (QED) is 0.337. The summed E-state index contributed by atoms with van der Waals surface area (Å²) in [6.07, 6.45) is -0.136. The number of benzene rings is 1. The third-order valence-corrected chi connectivity index (χ3v) is 2.07. The number of nitrogens with two attached hydrogens (primary N) is 1. The molecular weight excluding hydrogens is 262 g/mol. The van der Waals surface area contributed by atoms with E-state index in [4.69, 9.17) is 10.9 Å². The van der Waals surface area contributed by atoms with Gasteiger partial charge in [-0.25, -0.2) is 0 Å². The first-order chi connectivity index (χ1) is 7.11. The van der Waals surface area contributed by atoms with Crippen molar-refractivity contribution in [2.45, 2.75) is 6.42 Å². The number of rotatable bonds is 3. The van der Waals surface area contributed by atoms with Crippen LogP contribution in [0.25, 0.3) is 0 Å². The number of oxime groups is 1. The average Bonchev–Trinajstić information content (AvgIpc) is 2.17. The highest BCUT2D eigenvalue weighted by molar-refractivity contribution is 9.10. The highest BCUT2D eigenvalue weighted by atomic mass is 79.9. The smallest absolute Gasteiger partial charge is 0.232 e. The third kappa shape index (κ3) is 3.99. The van der Waals surface area contributed by atoms with Crippen LogP contribution in [0.15, 0.2) is 33.9 Å². The SMILES string of the molecule is N/C(CC(=O)Nc1cccc(Br)c1)=N\O. The van der Waals surface area contributed by atoms with Gasteiger partial charge in [-0.15, -0.1) is 0 Å². The summed E-state index contributed by atoms with van der Waals surface area (Å²) in [6.45, 7) is 0. The van der Waals surface area contributed by atoms with Gasteiger partial charge in [0.15, 0.2) is 0 Å². The highest BCUT2D eigenvalue weighted by Crippen LogP contribution is 2.15. The summed E-state index contributed by atoms with van der Waals surface area (Å²) in [7, 11) is 0. The Balaban J connectivity index is 2.59. The minimum Gasteiger partial charge on any atom is -0.409 e. The first kappa shape index (κ1) is 11.5. The van der Waals surface area contributed by atoms with Gasteiger partial charge in [-0.2, -0.15) is 0 Å². The maximum absolute atomic E-state index is 11.3. The number of halogens is 1. The predicted octanol–water partition coefficient (Wildman–Crippen LogP) is 1.52. The van der Waals surface area contributed by atoms with Crippen molar-refractivity contribution in [3.63, 3.8) is 0 Å². The van der Waals surface area contributed by atoms with Gasteiger partial charge in [0.1, 0.15) is 5.84 Å². The Hall–Kier alpha value is -1.56. The van der Waals surface area contributed by atoms with E-state index in [1.807, 2.05) is 6.07 Å². The lowest BCUT2D eigenvalue weighted by atomic mass is 10.3. The van der Waals surface area contributed by atoms with Gasteiger partial charge in [0, 0.05) is 10.2 Å². The van der Waals surface area contributed by atoms with E-state index in [0.717, 1.165) is 4.47 Å². The second-order valence-electron chi connectivity index (χ2n) is 2.83. The van der Waals surface area contributed by atoms with E-state index in [9.17, 15) is 4.79 Å². The first-order valence-electron chi connectivity index (χ1n) is 4.13. The second kappa shape index (κ2) is 5.35. The molecule has 6 heteroatoms. The van der Waals surface area contributed by atoms with Gasteiger partial charge in [-0.3, -0.25) is 4.79 Å². The van der Waals surface area contributed by atoms with Gasteiger partial charge >= 0.3 is 0 Å². The number of hydrogen-bond donors (Lipinski definition) is 3. The van der Waals surface area contributed by atoms with Crippen molar-refractivity contribution in [1.29, 1.82) is 0 Å². The molecule has 0 fully saturated rings. The van der Waals surface area contributed by atoms with E-state index < -0.39 is 0 Å². The van der Waals surface area contributed by atoms with E-state index >= 15 is 0 Å². The first-order valence-corrected chi connectivity index (χ1v) is 4.93. The lowest BCUT2D eigenvalue weighted by molar-refractivity contribution is -0.115. The molecule has 0 heterocycles. The molecular formula is C9H10BrN3O2. The Bertz CT molecular complexity index is 393. The molecule has 0 atom stereocenters. The summed E-state index contributed by atoms with van der Waals surface area (Å²) in [4.78, 5) is 11.3. The Morgan fingerprint density at radius 3 is 2.93 bits per heavy atom. The van der Waals surface area contributed by atoms with Crippen LogP contribution in [-0.2, 0) is 4.79 Å². The molecule has 5 nitrogen and oxygen atoms in total. The van der Waals surface area contributed by atoms with Gasteiger partial charge in [-0.1, -0.05) is 27.2 Å². The maximum Gasteiger partial charge on any atom is 0.232 e. The minimum absolute atomic E-state index is 0.123. The van der Waals surface area contributed by atoms with Crippen molar-refractivity contribution < 1.29 is 10.0 Å². The number of carbonyl (C=O) groups excluding carboxylic acids is 1. The van der Waals surface area contributed by atoms with Crippen LogP contribution in [0, 0.1) is 0 Å². The zero-order valence-electron chi connectivity index (χ0n) is 7.77. The van der Waals surface area contributed by atoms with Crippen LogP contribution in [0.2, 0.25) is 0 Å². The molecule has 0 unspecified atom stereocenters. The average molecular weight is 272 g/mol. The molecule has 0 aliphatic rings. The van der Waals surface area contributed by atoms with Crippen molar-refractivity contribution in [2.24, 2.45) is 10.9 Å². The van der Waals surface area contributed by atoms with Gasteiger partial charge in [0.25, 0.3) is 0 Å². The van der Waals surface area contributed by atoms with Crippen LogP contribution in [-0.4, -0.2) is 17.0 Å². The Morgan fingerprint density at radius 1 is 1.60 bits per heavy atom. The zero-order chi connectivity index (χ0) is 11.3. The summed E-state index contributed by atoms with van der Waals surface area (Å²) >= 11 is 3.28. The lowest BCUT2D eigenvalue weighted by Crippen LogP contribution is -2.21. The van der Waals surface area contributed by atoms with E-state index in [1.165, 1.54) is 0 Å². The summed E-state index contributed by atoms with van der Waals surface area (Å²) in [5, 5.41) is 13.6. The molecule has 1 amide bonds. The van der Waals surface area contributed by atoms with Crippen molar-refractivity contribution in [3.05, 3.63) is 28.7 Å². The lowest BCUT2D eigenvalue weighted by Gasteiger charge is -2.04. The Labute approximate surface area is 95.1 Å². The van der Waals surface area contributed by atoms with Gasteiger partial charge < -0.3 is 16.3 Å². The molecule has 1 aromatic carbocycles. The molecule has 0 saturated heterocycles. The normalized spacial score (nSPS) is 11.1. The highest BCUT2D eigenvalue weighted by Gasteiger charge is 2.05. The number of nitrogens with one attached hydrogen (secondary N) is 1. The number of amides is 1. The molecule has 1 aromatic rings. The molecule has 0 aromatic heterocycles. The van der Waals surface area contributed by atoms with Crippen molar-refractivity contribution >= 4 is 33.4 Å². The Kier molecular flexibility index (Phi) is 4.11. The molecule has 0 aliphatic heterocycles. The van der Waals surface area contributed by atoms with Crippen LogP contribution < -0.4 is 11.1 Å². The van der Waals surface area contributed by atoms with E-state index in [1.54, 1.807) is 18.2 Å². The van der Waals surface area contributed by atoms with Crippen LogP contribution in [0.4, 0.5) is 5.69 Å². The van der Waals surface area contributed by atoms with Gasteiger partial charge in [0.05, 0.1) is 6.42 Å². The molecule has 0 radical (unpaired) electrons. The second-order valence-corrected chi connectivity index (χ2v) is 3.74. The van der Waals surface area contributed by atoms with Gasteiger partial charge in [0.2, 0.25) is 5.91 Å². The Morgan fingerprint density at radius 2 is 2.33 bits per heavy atom. The monoisotopic (exact) mass is 271 g/mol. The molecule has 1 rings (SSSR count). The fourth-order valence-electron chi connectivity index (χ4n) is 0.971. The summed E-state index contributed by atoms with van der Waals surface area (Å²) in [5.41, 5.74) is 5.84. The molecule has 0 bridgehead atoms. The summed E-state index contributed by atoms with van der Waals surface area (Å²) < 4.78 is 0.865. The van der Waals surface area contributed by atoms with Crippen LogP contribution in [0.5, 0.6) is 0 Å². The van der Waals surface area contributed by atoms with Crippen molar-refractivity contribution in [3.8, 4) is 0 Å². The number of hydrogen-bond acceptors (Lipinski definition) is 3. The third-order valence-electron chi connectivity index (χ3n) is 1.58. The fraction of sp³-hybridized carbons (Fsp3) is 0.111. The fourth-order valence-corrected chi connectivity index (χ4v) is 1.37. The maximum atomic E-state index is 11.3. The molecule has 0 saturated carbocycles. The molecule has 0 aliphatic carbocycles. The predicted molar refractivity (Wildman–Crippen MR) is 60.8 cm³/mol.